The Balaban J connectivity index is 1.97. The van der Waals surface area contributed by atoms with E-state index in [9.17, 15) is 0 Å². The number of ether oxygens (including phenoxy) is 1. The Labute approximate surface area is 113 Å². The molecule has 0 saturated heterocycles. The summed E-state index contributed by atoms with van der Waals surface area (Å²) in [6.07, 6.45) is 1.63. The van der Waals surface area contributed by atoms with Gasteiger partial charge in [0.15, 0.2) is 4.67 Å². The van der Waals surface area contributed by atoms with Crippen LogP contribution in [0.15, 0.2) is 39.6 Å². The molecule has 0 saturated carbocycles. The van der Waals surface area contributed by atoms with Crippen LogP contribution in [0.3, 0.4) is 0 Å². The number of hydrogen-bond acceptors (Lipinski definition) is 2. The van der Waals surface area contributed by atoms with Gasteiger partial charge in [-0.2, -0.15) is 0 Å². The molecular weight excluding hydrogens is 303 g/mol. The first kappa shape index (κ1) is 11.3. The van der Waals surface area contributed by atoms with Gasteiger partial charge in [0.1, 0.15) is 0 Å². The Kier molecular flexibility index (Phi) is 2.99. The SMILES string of the molecule is ClC(c1ccc2c(c1)COC2)c1ccoc1Br. The van der Waals surface area contributed by atoms with Gasteiger partial charge in [-0.05, 0) is 38.7 Å². The lowest BCUT2D eigenvalue weighted by molar-refractivity contribution is 0.134. The first-order valence-electron chi connectivity index (χ1n) is 5.32. The average Bonchev–Trinajstić information content (AvgIpc) is 2.95. The van der Waals surface area contributed by atoms with Crippen LogP contribution in [0.4, 0.5) is 0 Å². The summed E-state index contributed by atoms with van der Waals surface area (Å²) in [5, 5.41) is -0.200. The molecule has 1 aliphatic rings. The zero-order valence-electron chi connectivity index (χ0n) is 8.95. The van der Waals surface area contributed by atoms with Gasteiger partial charge >= 0.3 is 0 Å². The maximum Gasteiger partial charge on any atom is 0.173 e. The summed E-state index contributed by atoms with van der Waals surface area (Å²) in [5.74, 6) is 0. The van der Waals surface area contributed by atoms with Gasteiger partial charge in [0.05, 0.1) is 24.9 Å². The van der Waals surface area contributed by atoms with Gasteiger partial charge in [0.2, 0.25) is 0 Å². The fourth-order valence-electron chi connectivity index (χ4n) is 2.01. The van der Waals surface area contributed by atoms with E-state index in [-0.39, 0.29) is 5.38 Å². The van der Waals surface area contributed by atoms with Crippen molar-refractivity contribution in [3.63, 3.8) is 0 Å². The molecule has 2 heterocycles. The molecule has 4 heteroatoms. The van der Waals surface area contributed by atoms with Gasteiger partial charge in [-0.15, -0.1) is 11.6 Å². The first-order chi connectivity index (χ1) is 8.25. The molecule has 0 fully saturated rings. The standard InChI is InChI=1S/C13H10BrClO2/c14-13-11(3-4-17-13)12(15)8-1-2-9-6-16-7-10(9)5-8/h1-5,12H,6-7H2. The fourth-order valence-corrected chi connectivity index (χ4v) is 2.92. The van der Waals surface area contributed by atoms with Crippen LogP contribution in [-0.2, 0) is 18.0 Å². The number of halogens is 2. The van der Waals surface area contributed by atoms with Gasteiger partial charge < -0.3 is 9.15 Å². The largest absolute Gasteiger partial charge is 0.457 e. The number of hydrogen-bond donors (Lipinski definition) is 0. The zero-order valence-corrected chi connectivity index (χ0v) is 11.3. The number of fused-ring (bicyclic) bond motifs is 1. The lowest BCUT2D eigenvalue weighted by Crippen LogP contribution is -1.94. The Bertz CT molecular complexity index is 550. The predicted octanol–water partition coefficient (Wildman–Crippen LogP) is 4.40. The van der Waals surface area contributed by atoms with Crippen molar-refractivity contribution >= 4 is 27.5 Å². The van der Waals surface area contributed by atoms with Crippen molar-refractivity contribution < 1.29 is 9.15 Å². The van der Waals surface area contributed by atoms with Crippen LogP contribution in [0, 0.1) is 0 Å². The highest BCUT2D eigenvalue weighted by Gasteiger charge is 2.19. The number of benzene rings is 1. The highest BCUT2D eigenvalue weighted by atomic mass is 79.9. The van der Waals surface area contributed by atoms with Gasteiger partial charge in [0.25, 0.3) is 0 Å². The lowest BCUT2D eigenvalue weighted by atomic mass is 10.0. The van der Waals surface area contributed by atoms with Crippen LogP contribution < -0.4 is 0 Å². The molecule has 0 spiro atoms. The summed E-state index contributed by atoms with van der Waals surface area (Å²) in [4.78, 5) is 0. The molecular formula is C13H10BrClO2. The van der Waals surface area contributed by atoms with E-state index in [1.165, 1.54) is 11.1 Å². The lowest BCUT2D eigenvalue weighted by Gasteiger charge is -2.09. The van der Waals surface area contributed by atoms with Gasteiger partial charge in [-0.25, -0.2) is 0 Å². The zero-order chi connectivity index (χ0) is 11.8. The van der Waals surface area contributed by atoms with Crippen molar-refractivity contribution in [1.82, 2.24) is 0 Å². The maximum absolute atomic E-state index is 6.45. The smallest absolute Gasteiger partial charge is 0.173 e. The minimum Gasteiger partial charge on any atom is -0.457 e. The fraction of sp³-hybridized carbons (Fsp3) is 0.231. The molecule has 0 amide bonds. The second-order valence-electron chi connectivity index (χ2n) is 4.03. The molecule has 0 N–H and O–H groups in total. The van der Waals surface area contributed by atoms with Gasteiger partial charge in [-0.3, -0.25) is 0 Å². The molecule has 1 aromatic carbocycles. The van der Waals surface area contributed by atoms with E-state index >= 15 is 0 Å². The summed E-state index contributed by atoms with van der Waals surface area (Å²) in [5.41, 5.74) is 4.50. The molecule has 0 bridgehead atoms. The second-order valence-corrected chi connectivity index (χ2v) is 5.19. The van der Waals surface area contributed by atoms with Crippen molar-refractivity contribution in [3.05, 3.63) is 57.5 Å². The minimum atomic E-state index is -0.200. The topological polar surface area (TPSA) is 22.4 Å². The van der Waals surface area contributed by atoms with E-state index in [0.717, 1.165) is 11.1 Å². The molecule has 2 nitrogen and oxygen atoms in total. The summed E-state index contributed by atoms with van der Waals surface area (Å²) >= 11 is 9.80. The number of alkyl halides is 1. The second kappa shape index (κ2) is 4.48. The molecule has 0 aliphatic carbocycles. The van der Waals surface area contributed by atoms with Crippen LogP contribution in [0.2, 0.25) is 0 Å². The molecule has 1 atom stereocenters. The molecule has 3 rings (SSSR count). The summed E-state index contributed by atoms with van der Waals surface area (Å²) in [7, 11) is 0. The maximum atomic E-state index is 6.45. The first-order valence-corrected chi connectivity index (χ1v) is 6.55. The average molecular weight is 314 g/mol. The Hall–Kier alpha value is -0.770. The third-order valence-corrected chi connectivity index (χ3v) is 4.09. The predicted molar refractivity (Wildman–Crippen MR) is 69.0 cm³/mol. The summed E-state index contributed by atoms with van der Waals surface area (Å²) in [6.45, 7) is 1.39. The van der Waals surface area contributed by atoms with Crippen LogP contribution in [0.5, 0.6) is 0 Å². The monoisotopic (exact) mass is 312 g/mol. The number of rotatable bonds is 2. The van der Waals surface area contributed by atoms with Crippen LogP contribution in [0.1, 0.15) is 27.6 Å². The van der Waals surface area contributed by atoms with Gasteiger partial charge in [0, 0.05) is 5.56 Å². The highest BCUT2D eigenvalue weighted by molar-refractivity contribution is 9.10. The third-order valence-electron chi connectivity index (χ3n) is 2.96. The highest BCUT2D eigenvalue weighted by Crippen LogP contribution is 2.36. The van der Waals surface area contributed by atoms with E-state index in [2.05, 4.69) is 28.1 Å². The van der Waals surface area contributed by atoms with E-state index < -0.39 is 0 Å². The summed E-state index contributed by atoms with van der Waals surface area (Å²) < 4.78 is 11.3. The minimum absolute atomic E-state index is 0.200. The molecule has 0 radical (unpaired) electrons. The van der Waals surface area contributed by atoms with Crippen LogP contribution >= 0.6 is 27.5 Å². The Morgan fingerprint density at radius 1 is 1.18 bits per heavy atom. The van der Waals surface area contributed by atoms with E-state index in [0.29, 0.717) is 17.9 Å². The van der Waals surface area contributed by atoms with Crippen molar-refractivity contribution in [1.29, 1.82) is 0 Å². The van der Waals surface area contributed by atoms with Gasteiger partial charge in [-0.1, -0.05) is 18.2 Å². The number of furan rings is 1. The Morgan fingerprint density at radius 2 is 2.00 bits per heavy atom. The van der Waals surface area contributed by atoms with E-state index in [1.54, 1.807) is 6.26 Å². The molecule has 1 aromatic heterocycles. The van der Waals surface area contributed by atoms with Crippen molar-refractivity contribution in [2.75, 3.05) is 0 Å². The van der Waals surface area contributed by atoms with Crippen molar-refractivity contribution in [2.45, 2.75) is 18.6 Å². The van der Waals surface area contributed by atoms with E-state index in [4.69, 9.17) is 20.8 Å². The Morgan fingerprint density at radius 3 is 2.76 bits per heavy atom. The van der Waals surface area contributed by atoms with Crippen molar-refractivity contribution in [2.24, 2.45) is 0 Å². The van der Waals surface area contributed by atoms with Crippen LogP contribution in [-0.4, -0.2) is 0 Å². The summed E-state index contributed by atoms with van der Waals surface area (Å²) in [6, 6.07) is 8.12. The molecule has 17 heavy (non-hydrogen) atoms. The quantitative estimate of drug-likeness (QED) is 0.767. The van der Waals surface area contributed by atoms with Crippen molar-refractivity contribution in [3.8, 4) is 0 Å². The molecule has 1 aliphatic heterocycles. The molecule has 88 valence electrons. The third kappa shape index (κ3) is 2.03. The normalized spacial score (nSPS) is 15.9. The molecule has 2 aromatic rings. The van der Waals surface area contributed by atoms with Crippen LogP contribution in [0.25, 0.3) is 0 Å². The molecule has 1 unspecified atom stereocenters. The van der Waals surface area contributed by atoms with E-state index in [1.807, 2.05) is 12.1 Å².